The van der Waals surface area contributed by atoms with Crippen molar-refractivity contribution in [1.82, 2.24) is 20.0 Å². The number of rotatable bonds is 5. The molecule has 3 aromatic rings. The minimum atomic E-state index is 0.873. The van der Waals surface area contributed by atoms with Gasteiger partial charge in [-0.2, -0.15) is 0 Å². The normalized spacial score (nSPS) is 10.9. The second kappa shape index (κ2) is 5.14. The Morgan fingerprint density at radius 2 is 2.22 bits per heavy atom. The first-order valence-electron chi connectivity index (χ1n) is 5.85. The van der Waals surface area contributed by atoms with E-state index in [9.17, 15) is 0 Å². The highest BCUT2D eigenvalue weighted by atomic mass is 32.1. The molecular weight excluding hydrogens is 246 g/mol. The molecule has 18 heavy (non-hydrogen) atoms. The van der Waals surface area contributed by atoms with Gasteiger partial charge < -0.3 is 5.32 Å². The van der Waals surface area contributed by atoms with Crippen LogP contribution in [0.4, 0.5) is 5.13 Å². The van der Waals surface area contributed by atoms with Crippen molar-refractivity contribution in [2.24, 2.45) is 0 Å². The van der Waals surface area contributed by atoms with Crippen molar-refractivity contribution < 1.29 is 0 Å². The highest BCUT2D eigenvalue weighted by molar-refractivity contribution is 7.22. The van der Waals surface area contributed by atoms with E-state index in [0.29, 0.717) is 0 Å². The Labute approximate surface area is 108 Å². The first-order valence-corrected chi connectivity index (χ1v) is 6.67. The molecule has 2 heterocycles. The van der Waals surface area contributed by atoms with Crippen LogP contribution in [0.2, 0.25) is 0 Å². The molecule has 0 saturated carbocycles. The van der Waals surface area contributed by atoms with Gasteiger partial charge in [0.05, 0.1) is 16.4 Å². The molecule has 0 aliphatic heterocycles. The van der Waals surface area contributed by atoms with E-state index in [1.54, 1.807) is 17.5 Å². The number of thiazole rings is 1. The van der Waals surface area contributed by atoms with Gasteiger partial charge in [-0.15, -0.1) is 5.10 Å². The van der Waals surface area contributed by atoms with Gasteiger partial charge >= 0.3 is 0 Å². The van der Waals surface area contributed by atoms with E-state index in [4.69, 9.17) is 0 Å². The molecule has 0 bridgehead atoms. The number of hydrogen-bond donors (Lipinski definition) is 1. The highest BCUT2D eigenvalue weighted by Gasteiger charge is 2.01. The summed E-state index contributed by atoms with van der Waals surface area (Å²) in [7, 11) is 0. The van der Waals surface area contributed by atoms with Crippen LogP contribution in [0.5, 0.6) is 0 Å². The Morgan fingerprint density at radius 3 is 3.06 bits per heavy atom. The Hall–Kier alpha value is -1.95. The molecule has 1 N–H and O–H groups in total. The van der Waals surface area contributed by atoms with Crippen molar-refractivity contribution in [3.05, 3.63) is 36.7 Å². The van der Waals surface area contributed by atoms with E-state index in [2.05, 4.69) is 26.7 Å². The molecule has 0 atom stereocenters. The molecule has 92 valence electrons. The fourth-order valence-electron chi connectivity index (χ4n) is 1.74. The first kappa shape index (κ1) is 11.2. The van der Waals surface area contributed by atoms with Gasteiger partial charge in [-0.1, -0.05) is 28.7 Å². The van der Waals surface area contributed by atoms with Crippen LogP contribution >= 0.6 is 11.3 Å². The summed E-state index contributed by atoms with van der Waals surface area (Å²) < 4.78 is 3.05. The molecule has 3 rings (SSSR count). The van der Waals surface area contributed by atoms with Gasteiger partial charge in [0, 0.05) is 19.3 Å². The molecule has 6 heteroatoms. The molecule has 0 fully saturated rings. The van der Waals surface area contributed by atoms with Crippen LogP contribution in [0.3, 0.4) is 0 Å². The fraction of sp³-hybridized carbons (Fsp3) is 0.250. The number of hydrogen-bond acceptors (Lipinski definition) is 5. The largest absolute Gasteiger partial charge is 0.361 e. The Balaban J connectivity index is 1.53. The van der Waals surface area contributed by atoms with Gasteiger partial charge in [0.1, 0.15) is 0 Å². The maximum absolute atomic E-state index is 4.52. The molecule has 0 unspecified atom stereocenters. The molecule has 0 aliphatic carbocycles. The van der Waals surface area contributed by atoms with Crippen molar-refractivity contribution in [3.63, 3.8) is 0 Å². The molecule has 0 amide bonds. The zero-order valence-electron chi connectivity index (χ0n) is 9.78. The van der Waals surface area contributed by atoms with E-state index < -0.39 is 0 Å². The first-order chi connectivity index (χ1) is 8.92. The number of para-hydroxylation sites is 1. The van der Waals surface area contributed by atoms with Crippen LogP contribution in [0.25, 0.3) is 10.2 Å². The van der Waals surface area contributed by atoms with Crippen molar-refractivity contribution in [1.29, 1.82) is 0 Å². The van der Waals surface area contributed by atoms with Crippen LogP contribution in [-0.2, 0) is 6.54 Å². The molecular formula is C12H13N5S. The second-order valence-corrected chi connectivity index (χ2v) is 4.96. The average molecular weight is 259 g/mol. The Kier molecular flexibility index (Phi) is 3.18. The number of nitrogens with zero attached hydrogens (tertiary/aromatic N) is 4. The maximum atomic E-state index is 4.52. The fourth-order valence-corrected chi connectivity index (χ4v) is 2.63. The third-order valence-corrected chi connectivity index (χ3v) is 3.60. The third kappa shape index (κ3) is 2.48. The minimum Gasteiger partial charge on any atom is -0.361 e. The second-order valence-electron chi connectivity index (χ2n) is 3.93. The lowest BCUT2D eigenvalue weighted by Gasteiger charge is -2.01. The number of fused-ring (bicyclic) bond motifs is 1. The molecule has 1 aromatic carbocycles. The third-order valence-electron chi connectivity index (χ3n) is 2.61. The summed E-state index contributed by atoms with van der Waals surface area (Å²) >= 11 is 1.69. The van der Waals surface area contributed by atoms with Crippen molar-refractivity contribution >= 4 is 26.7 Å². The van der Waals surface area contributed by atoms with Gasteiger partial charge in [-0.05, 0) is 18.6 Å². The number of aryl methyl sites for hydroxylation is 1. The maximum Gasteiger partial charge on any atom is 0.183 e. The van der Waals surface area contributed by atoms with Gasteiger partial charge in [-0.3, -0.25) is 4.68 Å². The summed E-state index contributed by atoms with van der Waals surface area (Å²) in [6, 6.07) is 8.17. The van der Waals surface area contributed by atoms with Crippen molar-refractivity contribution in [2.45, 2.75) is 13.0 Å². The predicted octanol–water partition coefficient (Wildman–Crippen LogP) is 2.39. The quantitative estimate of drug-likeness (QED) is 0.715. The summed E-state index contributed by atoms with van der Waals surface area (Å²) in [5.41, 5.74) is 1.06. The summed E-state index contributed by atoms with van der Waals surface area (Å²) in [4.78, 5) is 4.52. The summed E-state index contributed by atoms with van der Waals surface area (Å²) in [6.07, 6.45) is 4.57. The zero-order valence-corrected chi connectivity index (χ0v) is 10.6. The summed E-state index contributed by atoms with van der Waals surface area (Å²) in [5, 5.41) is 12.0. The van der Waals surface area contributed by atoms with E-state index >= 15 is 0 Å². The van der Waals surface area contributed by atoms with Crippen molar-refractivity contribution in [3.8, 4) is 0 Å². The van der Waals surface area contributed by atoms with E-state index in [0.717, 1.165) is 30.2 Å². The molecule has 2 aromatic heterocycles. The standard InChI is InChI=1S/C12H13N5S/c1-2-5-11-10(4-1)15-12(18-11)13-6-3-8-17-9-7-14-16-17/h1-2,4-5,7,9H,3,6,8H2,(H,13,15). The molecule has 0 saturated heterocycles. The van der Waals surface area contributed by atoms with Gasteiger partial charge in [0.25, 0.3) is 0 Å². The van der Waals surface area contributed by atoms with Crippen LogP contribution in [0, 0.1) is 0 Å². The SMILES string of the molecule is c1ccc2sc(NCCCn3ccnn3)nc2c1. The summed E-state index contributed by atoms with van der Waals surface area (Å²) in [6.45, 7) is 1.76. The van der Waals surface area contributed by atoms with Gasteiger partial charge in [0.2, 0.25) is 0 Å². The molecule has 0 radical (unpaired) electrons. The minimum absolute atomic E-state index is 0.873. The zero-order chi connectivity index (χ0) is 12.2. The van der Waals surface area contributed by atoms with Crippen LogP contribution in [0.1, 0.15) is 6.42 Å². The number of nitrogens with one attached hydrogen (secondary N) is 1. The van der Waals surface area contributed by atoms with Gasteiger partial charge in [-0.25, -0.2) is 4.98 Å². The van der Waals surface area contributed by atoms with Crippen LogP contribution in [-0.4, -0.2) is 26.5 Å². The lowest BCUT2D eigenvalue weighted by Crippen LogP contribution is -2.07. The topological polar surface area (TPSA) is 55.6 Å². The number of anilines is 1. The predicted molar refractivity (Wildman–Crippen MR) is 72.7 cm³/mol. The lowest BCUT2D eigenvalue weighted by atomic mass is 10.3. The summed E-state index contributed by atoms with van der Waals surface area (Å²) in [5.74, 6) is 0. The average Bonchev–Trinajstić information content (AvgIpc) is 3.03. The number of aromatic nitrogens is 4. The van der Waals surface area contributed by atoms with E-state index in [-0.39, 0.29) is 0 Å². The molecule has 5 nitrogen and oxygen atoms in total. The van der Waals surface area contributed by atoms with Crippen LogP contribution in [0.15, 0.2) is 36.7 Å². The van der Waals surface area contributed by atoms with Gasteiger partial charge in [0.15, 0.2) is 5.13 Å². The molecule has 0 spiro atoms. The van der Waals surface area contributed by atoms with E-state index in [1.807, 2.05) is 29.1 Å². The van der Waals surface area contributed by atoms with Crippen molar-refractivity contribution in [2.75, 3.05) is 11.9 Å². The van der Waals surface area contributed by atoms with E-state index in [1.165, 1.54) is 4.70 Å². The molecule has 0 aliphatic rings. The Morgan fingerprint density at radius 1 is 1.28 bits per heavy atom. The van der Waals surface area contributed by atoms with Crippen LogP contribution < -0.4 is 5.32 Å². The monoisotopic (exact) mass is 259 g/mol. The highest BCUT2D eigenvalue weighted by Crippen LogP contribution is 2.25. The Bertz CT molecular complexity index is 583. The lowest BCUT2D eigenvalue weighted by molar-refractivity contribution is 0.570. The smallest absolute Gasteiger partial charge is 0.183 e. The number of benzene rings is 1.